The van der Waals surface area contributed by atoms with Crippen LogP contribution in [0.4, 0.5) is 18.9 Å². The van der Waals surface area contributed by atoms with E-state index in [9.17, 15) is 35.1 Å². The number of ether oxygens (including phenoxy) is 1. The lowest BCUT2D eigenvalue weighted by atomic mass is 9.87. The minimum absolute atomic E-state index is 0.0450. The van der Waals surface area contributed by atoms with Crippen LogP contribution in [-0.4, -0.2) is 74.0 Å². The number of nitrogens with one attached hydrogen (secondary N) is 2. The molecule has 0 bridgehead atoms. The molecular weight excluding hydrogens is 623 g/mol. The molecule has 2 aliphatic rings. The Labute approximate surface area is 252 Å². The van der Waals surface area contributed by atoms with E-state index < -0.39 is 43.9 Å². The summed E-state index contributed by atoms with van der Waals surface area (Å²) in [6, 6.07) is 12.8. The molecule has 0 radical (unpaired) electrons. The van der Waals surface area contributed by atoms with E-state index in [2.05, 4.69) is 24.8 Å². The molecule has 0 amide bonds. The summed E-state index contributed by atoms with van der Waals surface area (Å²) in [5.74, 6) is -0.436. The fourth-order valence-electron chi connectivity index (χ4n) is 5.23. The van der Waals surface area contributed by atoms with Gasteiger partial charge in [0.2, 0.25) is 10.0 Å². The summed E-state index contributed by atoms with van der Waals surface area (Å²) in [7, 11) is -7.55. The number of alkyl halides is 3. The number of hydrogen-bond donors (Lipinski definition) is 3. The van der Waals surface area contributed by atoms with Gasteiger partial charge in [-0.25, -0.2) is 26.1 Å². The van der Waals surface area contributed by atoms with Gasteiger partial charge in [-0.2, -0.15) is 0 Å². The lowest BCUT2D eigenvalue weighted by Gasteiger charge is -2.40. The number of aliphatic imine (C=N–C) groups is 1. The molecule has 1 atom stereocenters. The zero-order valence-corrected chi connectivity index (χ0v) is 25.1. The van der Waals surface area contributed by atoms with Crippen LogP contribution in [0, 0.1) is 6.92 Å². The summed E-state index contributed by atoms with van der Waals surface area (Å²) in [6.07, 6.45) is -2.55. The van der Waals surface area contributed by atoms with Crippen LogP contribution in [-0.2, 0) is 26.5 Å². The van der Waals surface area contributed by atoms with Gasteiger partial charge in [0.1, 0.15) is 11.6 Å². The summed E-state index contributed by atoms with van der Waals surface area (Å²) in [6.45, 7) is 1.92. The Hall–Kier alpha value is -3.73. The maximum atomic E-state index is 13.2. The first-order valence-corrected chi connectivity index (χ1v) is 16.7. The number of nitrogens with zero attached hydrogens (tertiary/aromatic N) is 3. The number of sulfonamides is 2. The minimum Gasteiger partial charge on any atom is -0.406 e. The molecular formula is C28H30F3N5O6S2. The summed E-state index contributed by atoms with van der Waals surface area (Å²) in [5.41, 5.74) is 1.00. The van der Waals surface area contributed by atoms with Gasteiger partial charge in [0.15, 0.2) is 6.23 Å². The van der Waals surface area contributed by atoms with Crippen molar-refractivity contribution in [2.24, 2.45) is 4.99 Å². The maximum Gasteiger partial charge on any atom is 0.573 e. The van der Waals surface area contributed by atoms with Crippen LogP contribution in [0.25, 0.3) is 0 Å². The number of aryl methyl sites for hydroxylation is 2. The molecule has 1 aromatic heterocycles. The zero-order chi connectivity index (χ0) is 31.8. The van der Waals surface area contributed by atoms with Gasteiger partial charge in [0, 0.05) is 31.0 Å². The van der Waals surface area contributed by atoms with Gasteiger partial charge in [0.05, 0.1) is 21.9 Å². The van der Waals surface area contributed by atoms with Crippen LogP contribution < -0.4 is 14.8 Å². The standard InChI is InChI=1S/C28H30F3N5O6S2/c1-19-17-24(44(40,41)35-22-7-12-32-13-8-22)6-5-20(19)9-16-43(38,39)36-14-10-27(11-15-36)26(37)33-25(34-27)21-3-2-4-23(18-21)42-28(29,30)31/h2-8,12-13,17-18,26,37H,9-11,14-16H2,1H3,(H,32,35)(H,33,34). The van der Waals surface area contributed by atoms with E-state index in [-0.39, 0.29) is 48.8 Å². The lowest BCUT2D eigenvalue weighted by molar-refractivity contribution is -0.274. The summed E-state index contributed by atoms with van der Waals surface area (Å²) < 4.78 is 97.7. The molecule has 11 nitrogen and oxygen atoms in total. The molecule has 1 fully saturated rings. The van der Waals surface area contributed by atoms with Crippen LogP contribution in [0.5, 0.6) is 5.75 Å². The number of halogens is 3. The molecule has 3 aromatic rings. The number of anilines is 1. The van der Waals surface area contributed by atoms with E-state index in [0.29, 0.717) is 22.4 Å². The van der Waals surface area contributed by atoms with Gasteiger partial charge in [-0.15, -0.1) is 13.2 Å². The molecule has 1 spiro atoms. The highest BCUT2D eigenvalue weighted by Gasteiger charge is 2.47. The first-order chi connectivity index (χ1) is 20.7. The molecule has 0 aliphatic carbocycles. The first-order valence-electron chi connectivity index (χ1n) is 13.6. The molecule has 1 unspecified atom stereocenters. The van der Waals surface area contributed by atoms with E-state index in [1.165, 1.54) is 53.1 Å². The van der Waals surface area contributed by atoms with Gasteiger partial charge in [-0.1, -0.05) is 18.2 Å². The van der Waals surface area contributed by atoms with E-state index in [1.807, 2.05) is 0 Å². The Morgan fingerprint density at radius 3 is 2.43 bits per heavy atom. The maximum absolute atomic E-state index is 13.2. The van der Waals surface area contributed by atoms with Gasteiger partial charge in [-0.3, -0.25) is 9.71 Å². The highest BCUT2D eigenvalue weighted by atomic mass is 32.2. The van der Waals surface area contributed by atoms with Crippen molar-refractivity contribution in [1.29, 1.82) is 0 Å². The zero-order valence-electron chi connectivity index (χ0n) is 23.5. The Morgan fingerprint density at radius 2 is 1.77 bits per heavy atom. The number of piperidine rings is 1. The fraction of sp³-hybridized carbons (Fsp3) is 0.357. The quantitative estimate of drug-likeness (QED) is 0.319. The summed E-state index contributed by atoms with van der Waals surface area (Å²) in [4.78, 5) is 8.10. The van der Waals surface area contributed by atoms with E-state index in [4.69, 9.17) is 0 Å². The van der Waals surface area contributed by atoms with Crippen molar-refractivity contribution in [3.8, 4) is 5.75 Å². The third-order valence-electron chi connectivity index (χ3n) is 7.65. The third-order valence-corrected chi connectivity index (χ3v) is 10.9. The Morgan fingerprint density at radius 1 is 1.07 bits per heavy atom. The number of aliphatic hydroxyl groups is 1. The second kappa shape index (κ2) is 12.0. The van der Waals surface area contributed by atoms with Crippen molar-refractivity contribution in [2.45, 2.75) is 49.2 Å². The van der Waals surface area contributed by atoms with Crippen LogP contribution in [0.2, 0.25) is 0 Å². The molecule has 2 aromatic carbocycles. The number of amidine groups is 1. The van der Waals surface area contributed by atoms with E-state index >= 15 is 0 Å². The molecule has 3 heterocycles. The molecule has 0 saturated carbocycles. The van der Waals surface area contributed by atoms with Gasteiger partial charge in [-0.05, 0) is 73.7 Å². The van der Waals surface area contributed by atoms with Crippen LogP contribution >= 0.6 is 0 Å². The number of hydrogen-bond acceptors (Lipinski definition) is 9. The largest absolute Gasteiger partial charge is 0.573 e. The molecule has 236 valence electrons. The predicted octanol–water partition coefficient (Wildman–Crippen LogP) is 3.16. The van der Waals surface area contributed by atoms with Crippen molar-refractivity contribution >= 4 is 31.6 Å². The predicted molar refractivity (Wildman–Crippen MR) is 156 cm³/mol. The van der Waals surface area contributed by atoms with Crippen molar-refractivity contribution in [2.75, 3.05) is 23.6 Å². The monoisotopic (exact) mass is 653 g/mol. The third kappa shape index (κ3) is 7.14. The van der Waals surface area contributed by atoms with Gasteiger partial charge < -0.3 is 15.2 Å². The molecule has 1 saturated heterocycles. The molecule has 5 rings (SSSR count). The number of rotatable bonds is 9. The average Bonchev–Trinajstić information content (AvgIpc) is 3.27. The van der Waals surface area contributed by atoms with Crippen molar-refractivity contribution in [3.63, 3.8) is 0 Å². The van der Waals surface area contributed by atoms with Gasteiger partial charge in [0.25, 0.3) is 10.0 Å². The van der Waals surface area contributed by atoms with Crippen LogP contribution in [0.1, 0.15) is 29.5 Å². The highest BCUT2D eigenvalue weighted by molar-refractivity contribution is 7.92. The molecule has 16 heteroatoms. The number of pyridine rings is 1. The first kappa shape index (κ1) is 31.7. The van der Waals surface area contributed by atoms with Crippen molar-refractivity contribution in [3.05, 3.63) is 83.7 Å². The molecule has 3 N–H and O–H groups in total. The summed E-state index contributed by atoms with van der Waals surface area (Å²) in [5, 5.41) is 13.9. The Kier molecular flexibility index (Phi) is 8.63. The second-order valence-corrected chi connectivity index (χ2v) is 14.4. The smallest absolute Gasteiger partial charge is 0.406 e. The normalized spacial score (nSPS) is 18.9. The number of aromatic nitrogens is 1. The SMILES string of the molecule is Cc1cc(S(=O)(=O)Nc2ccncc2)ccc1CCS(=O)(=O)N1CCC2(CC1)NC(c1cccc(OC(F)(F)F)c1)=NC2O. The molecule has 44 heavy (non-hydrogen) atoms. The highest BCUT2D eigenvalue weighted by Crippen LogP contribution is 2.33. The number of benzene rings is 2. The van der Waals surface area contributed by atoms with Crippen molar-refractivity contribution in [1.82, 2.24) is 14.6 Å². The topological polar surface area (TPSA) is 150 Å². The second-order valence-electron chi connectivity index (χ2n) is 10.6. The van der Waals surface area contributed by atoms with Crippen molar-refractivity contribution < 1.29 is 39.9 Å². The van der Waals surface area contributed by atoms with Crippen LogP contribution in [0.3, 0.4) is 0 Å². The number of aliphatic hydroxyl groups excluding tert-OH is 1. The van der Waals surface area contributed by atoms with E-state index in [0.717, 1.165) is 12.1 Å². The van der Waals surface area contributed by atoms with Gasteiger partial charge >= 0.3 is 6.36 Å². The average molecular weight is 654 g/mol. The summed E-state index contributed by atoms with van der Waals surface area (Å²) >= 11 is 0. The Bertz CT molecular complexity index is 1760. The Balaban J connectivity index is 1.18. The fourth-order valence-corrected chi connectivity index (χ4v) is 7.85. The van der Waals surface area contributed by atoms with E-state index in [1.54, 1.807) is 13.0 Å². The lowest BCUT2D eigenvalue weighted by Crippen LogP contribution is -2.58. The van der Waals surface area contributed by atoms with Crippen LogP contribution in [0.15, 0.2) is 76.9 Å². The minimum atomic E-state index is -4.86. The molecule has 2 aliphatic heterocycles.